The van der Waals surface area contributed by atoms with Crippen molar-refractivity contribution in [3.63, 3.8) is 0 Å². The Balaban J connectivity index is 2.41. The lowest BCUT2D eigenvalue weighted by Crippen LogP contribution is -2.05. The number of nitrogens with zero attached hydrogens (tertiary/aromatic N) is 2. The summed E-state index contributed by atoms with van der Waals surface area (Å²) in [5, 5.41) is 29.0. The van der Waals surface area contributed by atoms with E-state index in [0.717, 1.165) is 11.3 Å². The van der Waals surface area contributed by atoms with Gasteiger partial charge in [-0.2, -0.15) is 10.5 Å². The van der Waals surface area contributed by atoms with E-state index in [9.17, 15) is 25.2 Å². The molecule has 6 nitrogen and oxygen atoms in total. The largest absolute Gasteiger partial charge is 0.506 e. The number of halogens is 2. The predicted octanol–water partition coefficient (Wildman–Crippen LogP) is 5.05. The molecule has 0 saturated heterocycles. The Hall–Kier alpha value is -2.46. The van der Waals surface area contributed by atoms with Gasteiger partial charge in [-0.15, -0.1) is 11.3 Å². The Morgan fingerprint density at radius 3 is 2.59 bits per heavy atom. The molecule has 0 aliphatic carbocycles. The molecule has 1 aromatic carbocycles. The third-order valence-corrected chi connectivity index (χ3v) is 6.23. The summed E-state index contributed by atoms with van der Waals surface area (Å²) in [6, 6.07) is 7.05. The van der Waals surface area contributed by atoms with Gasteiger partial charge in [0.15, 0.2) is 5.78 Å². The molecule has 2 rings (SSSR count). The van der Waals surface area contributed by atoms with Gasteiger partial charge in [-0.3, -0.25) is 4.79 Å². The Labute approximate surface area is 188 Å². The van der Waals surface area contributed by atoms with Gasteiger partial charge in [0.05, 0.1) is 22.2 Å². The molecule has 0 bridgehead atoms. The number of allylic oxidation sites excluding steroid dienone is 1. The average Bonchev–Trinajstić information content (AvgIpc) is 2.98. The van der Waals surface area contributed by atoms with Crippen LogP contribution in [0, 0.1) is 29.6 Å². The van der Waals surface area contributed by atoms with Gasteiger partial charge in [-0.1, -0.05) is 15.9 Å². The first kappa shape index (κ1) is 22.8. The molecule has 0 fully saturated rings. The van der Waals surface area contributed by atoms with Crippen molar-refractivity contribution in [3.05, 3.63) is 53.1 Å². The fraction of sp³-hybridized carbons (Fsp3) is 0.200. The molecule has 1 heterocycles. The number of phenols is 1. The molecule has 1 N–H and O–H groups in total. The fourth-order valence-corrected chi connectivity index (χ4v) is 4.91. The molecule has 1 aromatic heterocycles. The highest BCUT2D eigenvalue weighted by atomic mass is 79.9. The minimum atomic E-state index is -0.551. The topological polar surface area (TPSA) is 111 Å². The van der Waals surface area contributed by atoms with E-state index in [-0.39, 0.29) is 40.4 Å². The van der Waals surface area contributed by atoms with Crippen LogP contribution >= 0.6 is 43.2 Å². The number of hydrogen-bond donors (Lipinski definition) is 1. The summed E-state index contributed by atoms with van der Waals surface area (Å²) in [5.41, 5.74) is 0.788. The number of carbonyl (C=O) groups excluding carboxylic acids is 2. The third-order valence-electron chi connectivity index (χ3n) is 3.89. The van der Waals surface area contributed by atoms with E-state index in [2.05, 4.69) is 31.9 Å². The van der Waals surface area contributed by atoms with E-state index in [0.29, 0.717) is 19.4 Å². The van der Waals surface area contributed by atoms with E-state index in [4.69, 9.17) is 4.74 Å². The van der Waals surface area contributed by atoms with Crippen LogP contribution in [-0.4, -0.2) is 23.5 Å². The fourth-order valence-electron chi connectivity index (χ4n) is 2.50. The van der Waals surface area contributed by atoms with Crippen LogP contribution in [0.25, 0.3) is 6.08 Å². The summed E-state index contributed by atoms with van der Waals surface area (Å²) in [6.07, 6.45) is 1.06. The molecular formula is C20H14Br2N2O4S. The number of phenolic OH excluding ortho intramolecular Hbond substituents is 1. The summed E-state index contributed by atoms with van der Waals surface area (Å²) in [7, 11) is 0. The maximum atomic E-state index is 12.7. The zero-order chi connectivity index (χ0) is 21.7. The molecule has 2 aromatic rings. The smallest absolute Gasteiger partial charge is 0.348 e. The Morgan fingerprint density at radius 2 is 2.00 bits per heavy atom. The van der Waals surface area contributed by atoms with Gasteiger partial charge in [-0.05, 0) is 53.5 Å². The van der Waals surface area contributed by atoms with E-state index >= 15 is 0 Å². The van der Waals surface area contributed by atoms with Crippen LogP contribution in [0.2, 0.25) is 0 Å². The SMILES string of the molecule is CCOC(=O)c1sc(CC(=O)/C(C#N)=C/c2cc(Br)cc(Br)c2O)c(C#N)c1C. The van der Waals surface area contributed by atoms with Gasteiger partial charge >= 0.3 is 5.97 Å². The van der Waals surface area contributed by atoms with Crippen molar-refractivity contribution in [2.24, 2.45) is 0 Å². The van der Waals surface area contributed by atoms with Crippen molar-refractivity contribution in [1.82, 2.24) is 0 Å². The Morgan fingerprint density at radius 1 is 1.31 bits per heavy atom. The second-order valence-electron chi connectivity index (χ2n) is 5.78. The lowest BCUT2D eigenvalue weighted by Gasteiger charge is -2.04. The zero-order valence-electron chi connectivity index (χ0n) is 15.4. The normalized spacial score (nSPS) is 10.9. The van der Waals surface area contributed by atoms with Gasteiger partial charge in [0.2, 0.25) is 0 Å². The molecule has 9 heteroatoms. The first-order chi connectivity index (χ1) is 13.7. The monoisotopic (exact) mass is 536 g/mol. The summed E-state index contributed by atoms with van der Waals surface area (Å²) >= 11 is 7.50. The van der Waals surface area contributed by atoms with E-state index in [1.807, 2.05) is 12.1 Å². The van der Waals surface area contributed by atoms with Crippen molar-refractivity contribution in [2.75, 3.05) is 6.61 Å². The van der Waals surface area contributed by atoms with Crippen molar-refractivity contribution in [2.45, 2.75) is 20.3 Å². The number of benzene rings is 1. The quantitative estimate of drug-likeness (QED) is 0.313. The second kappa shape index (κ2) is 9.84. The van der Waals surface area contributed by atoms with Crippen LogP contribution in [0.1, 0.15) is 38.2 Å². The summed E-state index contributed by atoms with van der Waals surface area (Å²) < 4.78 is 6.04. The molecule has 0 saturated carbocycles. The number of ketones is 1. The number of Topliss-reactive ketones (excluding diaryl/α,β-unsaturated/α-hetero) is 1. The lowest BCUT2D eigenvalue weighted by atomic mass is 10.0. The third kappa shape index (κ3) is 5.13. The number of esters is 1. The number of carbonyl (C=O) groups is 2. The molecule has 0 aliphatic rings. The first-order valence-corrected chi connectivity index (χ1v) is 10.7. The molecular weight excluding hydrogens is 524 g/mol. The number of aromatic hydroxyl groups is 1. The van der Waals surface area contributed by atoms with Crippen molar-refractivity contribution >= 4 is 61.0 Å². The molecule has 0 unspecified atom stereocenters. The first-order valence-electron chi connectivity index (χ1n) is 8.25. The lowest BCUT2D eigenvalue weighted by molar-refractivity contribution is -0.114. The number of thiophene rings is 1. The average molecular weight is 538 g/mol. The van der Waals surface area contributed by atoms with Crippen molar-refractivity contribution in [3.8, 4) is 17.9 Å². The molecule has 29 heavy (non-hydrogen) atoms. The van der Waals surface area contributed by atoms with Gasteiger partial charge in [-0.25, -0.2) is 4.79 Å². The van der Waals surface area contributed by atoms with Crippen LogP contribution in [0.4, 0.5) is 0 Å². The number of hydrogen-bond acceptors (Lipinski definition) is 7. The number of nitriles is 2. The molecule has 0 aliphatic heterocycles. The Kier molecular flexibility index (Phi) is 7.74. The van der Waals surface area contributed by atoms with Gasteiger partial charge < -0.3 is 9.84 Å². The van der Waals surface area contributed by atoms with Crippen LogP contribution in [0.5, 0.6) is 5.75 Å². The maximum absolute atomic E-state index is 12.7. The zero-order valence-corrected chi connectivity index (χ0v) is 19.4. The second-order valence-corrected chi connectivity index (χ2v) is 8.66. The summed E-state index contributed by atoms with van der Waals surface area (Å²) in [4.78, 5) is 25.4. The Bertz CT molecular complexity index is 1110. The highest BCUT2D eigenvalue weighted by Gasteiger charge is 2.23. The van der Waals surface area contributed by atoms with E-state index < -0.39 is 11.8 Å². The van der Waals surface area contributed by atoms with Crippen molar-refractivity contribution < 1.29 is 19.4 Å². The molecule has 0 amide bonds. The maximum Gasteiger partial charge on any atom is 0.348 e. The summed E-state index contributed by atoms with van der Waals surface area (Å²) in [6.45, 7) is 3.49. The highest BCUT2D eigenvalue weighted by Crippen LogP contribution is 2.34. The molecule has 148 valence electrons. The molecule has 0 atom stereocenters. The molecule has 0 radical (unpaired) electrons. The standard InChI is InChI=1S/C20H14Br2N2O4S/c1-3-28-20(27)19-10(2)14(9-24)17(29-19)7-16(25)12(8-23)4-11-5-13(21)6-15(22)18(11)26/h4-6,26H,3,7H2,1-2H3/b12-4+. The highest BCUT2D eigenvalue weighted by molar-refractivity contribution is 9.11. The van der Waals surface area contributed by atoms with Crippen LogP contribution in [0.3, 0.4) is 0 Å². The van der Waals surface area contributed by atoms with E-state index in [1.165, 1.54) is 6.08 Å². The van der Waals surface area contributed by atoms with Gasteiger partial charge in [0.25, 0.3) is 0 Å². The predicted molar refractivity (Wildman–Crippen MR) is 116 cm³/mol. The van der Waals surface area contributed by atoms with Crippen LogP contribution in [-0.2, 0) is 16.0 Å². The molecule has 0 spiro atoms. The minimum absolute atomic E-state index is 0.108. The summed E-state index contributed by atoms with van der Waals surface area (Å²) in [5.74, 6) is -1.19. The van der Waals surface area contributed by atoms with Crippen LogP contribution < -0.4 is 0 Å². The van der Waals surface area contributed by atoms with Crippen LogP contribution in [0.15, 0.2) is 26.7 Å². The van der Waals surface area contributed by atoms with Gasteiger partial charge in [0.1, 0.15) is 22.8 Å². The van der Waals surface area contributed by atoms with Gasteiger partial charge in [0, 0.05) is 21.3 Å². The number of rotatable bonds is 6. The van der Waals surface area contributed by atoms with E-state index in [1.54, 1.807) is 26.0 Å². The minimum Gasteiger partial charge on any atom is -0.506 e. The van der Waals surface area contributed by atoms with Crippen molar-refractivity contribution in [1.29, 1.82) is 10.5 Å². The number of ether oxygens (including phenoxy) is 1.